The number of carboxylic acid groups (broad SMARTS) is 1. The number of aromatic nitrogens is 2. The van der Waals surface area contributed by atoms with E-state index in [-0.39, 0.29) is 6.04 Å². The van der Waals surface area contributed by atoms with Crippen LogP contribution in [0.25, 0.3) is 0 Å². The van der Waals surface area contributed by atoms with Crippen molar-refractivity contribution in [3.8, 4) is 0 Å². The van der Waals surface area contributed by atoms with Crippen LogP contribution in [0.4, 0.5) is 4.79 Å². The molecule has 0 bridgehead atoms. The lowest BCUT2D eigenvalue weighted by molar-refractivity contribution is 0.133. The minimum absolute atomic E-state index is 0.186. The van der Waals surface area contributed by atoms with Gasteiger partial charge in [0, 0.05) is 32.0 Å². The predicted molar refractivity (Wildman–Crippen MR) is 76.7 cm³/mol. The maximum Gasteiger partial charge on any atom is 0.407 e. The van der Waals surface area contributed by atoms with E-state index in [0.717, 1.165) is 25.3 Å². The number of likely N-dealkylation sites (tertiary alicyclic amines) is 1. The van der Waals surface area contributed by atoms with E-state index in [0.29, 0.717) is 6.04 Å². The minimum Gasteiger partial charge on any atom is -0.465 e. The van der Waals surface area contributed by atoms with E-state index in [2.05, 4.69) is 21.5 Å². The summed E-state index contributed by atoms with van der Waals surface area (Å²) < 4.78 is 2.11. The van der Waals surface area contributed by atoms with Crippen LogP contribution >= 0.6 is 0 Å². The van der Waals surface area contributed by atoms with Gasteiger partial charge in [-0.05, 0) is 32.9 Å². The molecule has 20 heavy (non-hydrogen) atoms. The van der Waals surface area contributed by atoms with Crippen LogP contribution in [0.1, 0.15) is 38.1 Å². The molecule has 2 heterocycles. The highest BCUT2D eigenvalue weighted by molar-refractivity contribution is 5.65. The topological polar surface area (TPSA) is 61.6 Å². The Labute approximate surface area is 120 Å². The molecule has 1 amide bonds. The largest absolute Gasteiger partial charge is 0.465 e. The summed E-state index contributed by atoms with van der Waals surface area (Å²) in [5.74, 6) is 0.845. The Morgan fingerprint density at radius 2 is 2.40 bits per heavy atom. The highest BCUT2D eigenvalue weighted by Gasteiger charge is 2.26. The Kier molecular flexibility index (Phi) is 4.65. The first-order valence-corrected chi connectivity index (χ1v) is 7.21. The molecular weight excluding hydrogens is 256 g/mol. The van der Waals surface area contributed by atoms with E-state index >= 15 is 0 Å². The maximum absolute atomic E-state index is 11.2. The molecule has 0 saturated carbocycles. The van der Waals surface area contributed by atoms with Gasteiger partial charge in [0.2, 0.25) is 0 Å². The number of hydrogen-bond donors (Lipinski definition) is 1. The first-order valence-electron chi connectivity index (χ1n) is 7.21. The highest BCUT2D eigenvalue weighted by atomic mass is 16.4. The second-order valence-corrected chi connectivity index (χ2v) is 5.53. The van der Waals surface area contributed by atoms with Crippen LogP contribution in [0.5, 0.6) is 0 Å². The van der Waals surface area contributed by atoms with Crippen molar-refractivity contribution in [3.05, 3.63) is 18.2 Å². The van der Waals surface area contributed by atoms with Gasteiger partial charge in [-0.1, -0.05) is 6.92 Å². The van der Waals surface area contributed by atoms with Crippen molar-refractivity contribution in [1.82, 2.24) is 19.4 Å². The highest BCUT2D eigenvalue weighted by Crippen LogP contribution is 2.24. The van der Waals surface area contributed by atoms with Crippen molar-refractivity contribution < 1.29 is 9.90 Å². The maximum atomic E-state index is 11.2. The number of likely N-dealkylation sites (N-methyl/N-ethyl adjacent to an activating group) is 1. The molecular formula is C14H24N4O2. The normalized spacial score (nSPS) is 21.1. The fourth-order valence-electron chi connectivity index (χ4n) is 2.97. The first kappa shape index (κ1) is 14.8. The SMILES string of the molecule is CCC(c1nccn1C[C@H]1CCCN1C)N(C)C(=O)O. The fraction of sp³-hybridized carbons (Fsp3) is 0.714. The van der Waals surface area contributed by atoms with Crippen LogP contribution in [0, 0.1) is 0 Å². The van der Waals surface area contributed by atoms with E-state index in [1.54, 1.807) is 13.2 Å². The molecule has 0 aromatic carbocycles. The molecule has 0 aliphatic carbocycles. The number of carbonyl (C=O) groups is 1. The molecule has 6 nitrogen and oxygen atoms in total. The average Bonchev–Trinajstić information content (AvgIpc) is 3.02. The van der Waals surface area contributed by atoms with Gasteiger partial charge in [0.15, 0.2) is 0 Å². The quantitative estimate of drug-likeness (QED) is 0.896. The Balaban J connectivity index is 2.16. The summed E-state index contributed by atoms with van der Waals surface area (Å²) >= 11 is 0. The Morgan fingerprint density at radius 3 is 2.95 bits per heavy atom. The third-order valence-corrected chi connectivity index (χ3v) is 4.28. The molecule has 112 valence electrons. The molecule has 2 atom stereocenters. The number of hydrogen-bond acceptors (Lipinski definition) is 3. The van der Waals surface area contributed by atoms with Crippen molar-refractivity contribution in [3.63, 3.8) is 0 Å². The molecule has 1 aliphatic rings. The molecule has 1 saturated heterocycles. The molecule has 1 aliphatic heterocycles. The minimum atomic E-state index is -0.913. The van der Waals surface area contributed by atoms with Gasteiger partial charge in [0.05, 0.1) is 6.04 Å². The van der Waals surface area contributed by atoms with Gasteiger partial charge >= 0.3 is 6.09 Å². The molecule has 2 rings (SSSR count). The number of amides is 1. The monoisotopic (exact) mass is 280 g/mol. The van der Waals surface area contributed by atoms with Crippen LogP contribution in [0.3, 0.4) is 0 Å². The Bertz CT molecular complexity index is 460. The van der Waals surface area contributed by atoms with Gasteiger partial charge in [-0.3, -0.25) is 0 Å². The van der Waals surface area contributed by atoms with Gasteiger partial charge in [-0.25, -0.2) is 9.78 Å². The van der Waals surface area contributed by atoms with E-state index < -0.39 is 6.09 Å². The molecule has 0 spiro atoms. The van der Waals surface area contributed by atoms with E-state index in [1.165, 1.54) is 17.7 Å². The molecule has 1 fully saturated rings. The average molecular weight is 280 g/mol. The van der Waals surface area contributed by atoms with Crippen molar-refractivity contribution in [2.45, 2.75) is 44.8 Å². The van der Waals surface area contributed by atoms with Crippen molar-refractivity contribution >= 4 is 6.09 Å². The summed E-state index contributed by atoms with van der Waals surface area (Å²) in [5, 5.41) is 9.18. The van der Waals surface area contributed by atoms with Crippen molar-refractivity contribution in [2.75, 3.05) is 20.6 Å². The fourth-order valence-corrected chi connectivity index (χ4v) is 2.97. The number of imidazole rings is 1. The van der Waals surface area contributed by atoms with E-state index in [4.69, 9.17) is 0 Å². The lowest BCUT2D eigenvalue weighted by Crippen LogP contribution is -2.34. The van der Waals surface area contributed by atoms with Crippen LogP contribution in [0.2, 0.25) is 0 Å². The van der Waals surface area contributed by atoms with Gasteiger partial charge in [0.1, 0.15) is 5.82 Å². The summed E-state index contributed by atoms with van der Waals surface area (Å²) in [6.45, 7) is 4.02. The number of nitrogens with zero attached hydrogens (tertiary/aromatic N) is 4. The van der Waals surface area contributed by atoms with Crippen LogP contribution in [-0.2, 0) is 6.54 Å². The summed E-state index contributed by atoms with van der Waals surface area (Å²) in [4.78, 5) is 19.3. The Hall–Kier alpha value is -1.56. The molecule has 0 radical (unpaired) electrons. The van der Waals surface area contributed by atoms with Gasteiger partial charge in [0.25, 0.3) is 0 Å². The van der Waals surface area contributed by atoms with Crippen LogP contribution in [-0.4, -0.2) is 57.2 Å². The lowest BCUT2D eigenvalue weighted by atomic mass is 10.1. The first-order chi connectivity index (χ1) is 9.54. The number of rotatable bonds is 5. The van der Waals surface area contributed by atoms with Gasteiger partial charge in [-0.2, -0.15) is 0 Å². The molecule has 1 aromatic rings. The van der Waals surface area contributed by atoms with Crippen LogP contribution < -0.4 is 0 Å². The van der Waals surface area contributed by atoms with E-state index in [1.807, 2.05) is 13.1 Å². The lowest BCUT2D eigenvalue weighted by Gasteiger charge is -2.27. The second-order valence-electron chi connectivity index (χ2n) is 5.53. The zero-order chi connectivity index (χ0) is 14.7. The molecule has 1 unspecified atom stereocenters. The van der Waals surface area contributed by atoms with Gasteiger partial charge < -0.3 is 19.5 Å². The summed E-state index contributed by atoms with van der Waals surface area (Å²) in [7, 11) is 3.76. The molecule has 1 N–H and O–H groups in total. The summed E-state index contributed by atoms with van der Waals surface area (Å²) in [6, 6.07) is 0.338. The third-order valence-electron chi connectivity index (χ3n) is 4.28. The Morgan fingerprint density at radius 1 is 1.65 bits per heavy atom. The zero-order valence-electron chi connectivity index (χ0n) is 12.5. The standard InChI is InChI=1S/C14H24N4O2/c1-4-12(17(3)14(19)20)13-15-7-9-18(13)10-11-6-5-8-16(11)2/h7,9,11-12H,4-6,8,10H2,1-3H3,(H,19,20)/t11-,12?/m1/s1. The summed E-state index contributed by atoms with van der Waals surface area (Å²) in [6.07, 6.45) is 5.96. The molecule has 1 aromatic heterocycles. The molecule has 6 heteroatoms. The third kappa shape index (κ3) is 2.95. The smallest absolute Gasteiger partial charge is 0.407 e. The van der Waals surface area contributed by atoms with Gasteiger partial charge in [-0.15, -0.1) is 0 Å². The van der Waals surface area contributed by atoms with Crippen LogP contribution in [0.15, 0.2) is 12.4 Å². The second kappa shape index (κ2) is 6.26. The van der Waals surface area contributed by atoms with Crippen molar-refractivity contribution in [2.24, 2.45) is 0 Å². The zero-order valence-corrected chi connectivity index (χ0v) is 12.5. The van der Waals surface area contributed by atoms with E-state index in [9.17, 15) is 9.90 Å². The predicted octanol–water partition coefficient (Wildman–Crippen LogP) is 2.04. The van der Waals surface area contributed by atoms with Crippen molar-refractivity contribution in [1.29, 1.82) is 0 Å². The summed E-state index contributed by atoms with van der Waals surface area (Å²) in [5.41, 5.74) is 0.